The number of aryl methyl sites for hydroxylation is 1. The summed E-state index contributed by atoms with van der Waals surface area (Å²) in [7, 11) is 1.92. The minimum atomic E-state index is 0.760. The van der Waals surface area contributed by atoms with Gasteiger partial charge in [-0.3, -0.25) is 0 Å². The molecular formula is C14H15N3O. The summed E-state index contributed by atoms with van der Waals surface area (Å²) >= 11 is 0. The molecule has 0 aliphatic rings. The van der Waals surface area contributed by atoms with Gasteiger partial charge >= 0.3 is 0 Å². The van der Waals surface area contributed by atoms with Crippen LogP contribution >= 0.6 is 0 Å². The number of nitrogens with one attached hydrogen (secondary N) is 2. The van der Waals surface area contributed by atoms with Gasteiger partial charge in [-0.1, -0.05) is 18.2 Å². The number of hydrogen-bond donors (Lipinski definition) is 2. The molecule has 0 unspecified atom stereocenters. The van der Waals surface area contributed by atoms with Gasteiger partial charge in [0.15, 0.2) is 0 Å². The molecule has 3 rings (SSSR count). The molecule has 0 saturated carbocycles. The predicted molar refractivity (Wildman–Crippen MR) is 71.3 cm³/mol. The van der Waals surface area contributed by atoms with Gasteiger partial charge in [-0.05, 0) is 20.0 Å². The third-order valence-electron chi connectivity index (χ3n) is 2.99. The molecule has 0 spiro atoms. The predicted octanol–water partition coefficient (Wildman–Crippen LogP) is 2.85. The molecule has 0 saturated heterocycles. The lowest BCUT2D eigenvalue weighted by atomic mass is 10.1. The Morgan fingerprint density at radius 3 is 3.00 bits per heavy atom. The normalized spacial score (nSPS) is 11.2. The molecule has 0 aliphatic carbocycles. The smallest absolute Gasteiger partial charge is 0.134 e. The summed E-state index contributed by atoms with van der Waals surface area (Å²) in [5, 5.41) is 4.24. The first kappa shape index (κ1) is 11.0. The maximum atomic E-state index is 5.57. The highest BCUT2D eigenvalue weighted by molar-refractivity contribution is 5.93. The second-order valence-corrected chi connectivity index (χ2v) is 4.33. The van der Waals surface area contributed by atoms with E-state index in [1.165, 1.54) is 0 Å². The summed E-state index contributed by atoms with van der Waals surface area (Å²) in [6, 6.07) is 8.01. The molecule has 1 aromatic carbocycles. The number of fused-ring (bicyclic) bond motifs is 1. The molecule has 18 heavy (non-hydrogen) atoms. The molecule has 0 aliphatic heterocycles. The van der Waals surface area contributed by atoms with E-state index in [4.69, 9.17) is 4.42 Å². The van der Waals surface area contributed by atoms with Crippen LogP contribution in [-0.4, -0.2) is 17.0 Å². The number of imidazole rings is 1. The summed E-state index contributed by atoms with van der Waals surface area (Å²) in [4.78, 5) is 7.85. The zero-order valence-electron chi connectivity index (χ0n) is 10.4. The van der Waals surface area contributed by atoms with Gasteiger partial charge in [0.25, 0.3) is 0 Å². The van der Waals surface area contributed by atoms with E-state index in [1.807, 2.05) is 32.2 Å². The Kier molecular flexibility index (Phi) is 2.64. The van der Waals surface area contributed by atoms with Crippen LogP contribution in [0.3, 0.4) is 0 Å². The van der Waals surface area contributed by atoms with Crippen molar-refractivity contribution in [3.8, 4) is 11.3 Å². The zero-order valence-corrected chi connectivity index (χ0v) is 10.4. The van der Waals surface area contributed by atoms with Crippen LogP contribution in [0.15, 0.2) is 34.9 Å². The number of H-pyrrole nitrogens is 1. The second kappa shape index (κ2) is 4.31. The van der Waals surface area contributed by atoms with E-state index < -0.39 is 0 Å². The monoisotopic (exact) mass is 241 g/mol. The average molecular weight is 241 g/mol. The summed E-state index contributed by atoms with van der Waals surface area (Å²) in [6.07, 6.45) is 1.78. The first-order valence-electron chi connectivity index (χ1n) is 5.96. The minimum absolute atomic E-state index is 0.760. The van der Waals surface area contributed by atoms with Crippen molar-refractivity contribution in [2.45, 2.75) is 13.5 Å². The number of benzene rings is 1. The van der Waals surface area contributed by atoms with E-state index in [0.717, 1.165) is 40.3 Å². The molecule has 92 valence electrons. The third kappa shape index (κ3) is 1.71. The van der Waals surface area contributed by atoms with Gasteiger partial charge in [-0.2, -0.15) is 0 Å². The fraction of sp³-hybridized carbons (Fsp3) is 0.214. The lowest BCUT2D eigenvalue weighted by Crippen LogP contribution is -2.06. The highest BCUT2D eigenvalue weighted by Crippen LogP contribution is 2.31. The highest BCUT2D eigenvalue weighted by Gasteiger charge is 2.14. The van der Waals surface area contributed by atoms with E-state index in [9.17, 15) is 0 Å². The topological polar surface area (TPSA) is 53.9 Å². The molecular weight excluding hydrogens is 226 g/mol. The summed E-state index contributed by atoms with van der Waals surface area (Å²) in [5.74, 6) is 0.917. The first-order chi connectivity index (χ1) is 8.79. The van der Waals surface area contributed by atoms with Crippen LogP contribution in [0.5, 0.6) is 0 Å². The van der Waals surface area contributed by atoms with E-state index in [0.29, 0.717) is 0 Å². The van der Waals surface area contributed by atoms with Crippen molar-refractivity contribution < 1.29 is 4.42 Å². The van der Waals surface area contributed by atoms with Crippen LogP contribution < -0.4 is 5.32 Å². The van der Waals surface area contributed by atoms with E-state index in [-0.39, 0.29) is 0 Å². The standard InChI is InChI=1S/C14H15N3O/c1-9-16-12(7-15-2)14(17-9)11-8-18-13-6-4-3-5-10(11)13/h3-6,8,15H,7H2,1-2H3,(H,16,17). The molecule has 2 heterocycles. The van der Waals surface area contributed by atoms with Crippen LogP contribution in [-0.2, 0) is 6.54 Å². The highest BCUT2D eigenvalue weighted by atomic mass is 16.3. The molecule has 0 radical (unpaired) electrons. The quantitative estimate of drug-likeness (QED) is 0.741. The van der Waals surface area contributed by atoms with Gasteiger partial charge in [0.1, 0.15) is 17.7 Å². The van der Waals surface area contributed by atoms with E-state index in [2.05, 4.69) is 21.4 Å². The first-order valence-corrected chi connectivity index (χ1v) is 5.96. The number of aromatic amines is 1. The Hall–Kier alpha value is -2.07. The van der Waals surface area contributed by atoms with Crippen LogP contribution in [0.1, 0.15) is 11.5 Å². The van der Waals surface area contributed by atoms with Crippen molar-refractivity contribution in [3.05, 3.63) is 42.0 Å². The number of rotatable bonds is 3. The Morgan fingerprint density at radius 1 is 1.33 bits per heavy atom. The number of aromatic nitrogens is 2. The molecule has 2 aromatic heterocycles. The van der Waals surface area contributed by atoms with Crippen molar-refractivity contribution in [2.24, 2.45) is 0 Å². The third-order valence-corrected chi connectivity index (χ3v) is 2.99. The van der Waals surface area contributed by atoms with Crippen LogP contribution in [0, 0.1) is 6.92 Å². The molecule has 3 aromatic rings. The molecule has 0 fully saturated rings. The molecule has 0 amide bonds. The molecule has 4 heteroatoms. The van der Waals surface area contributed by atoms with Gasteiger partial charge in [-0.15, -0.1) is 0 Å². The zero-order chi connectivity index (χ0) is 12.5. The van der Waals surface area contributed by atoms with Crippen molar-refractivity contribution in [1.29, 1.82) is 0 Å². The van der Waals surface area contributed by atoms with Gasteiger partial charge in [0.2, 0.25) is 0 Å². The fourth-order valence-corrected chi connectivity index (χ4v) is 2.23. The lowest BCUT2D eigenvalue weighted by Gasteiger charge is -1.99. The van der Waals surface area contributed by atoms with Crippen LogP contribution in [0.25, 0.3) is 22.2 Å². The number of para-hydroxylation sites is 1. The van der Waals surface area contributed by atoms with E-state index >= 15 is 0 Å². The van der Waals surface area contributed by atoms with Crippen molar-refractivity contribution >= 4 is 11.0 Å². The van der Waals surface area contributed by atoms with Gasteiger partial charge in [0, 0.05) is 17.5 Å². The molecule has 4 nitrogen and oxygen atoms in total. The number of hydrogen-bond acceptors (Lipinski definition) is 3. The Morgan fingerprint density at radius 2 is 2.17 bits per heavy atom. The largest absolute Gasteiger partial charge is 0.464 e. The molecule has 0 bridgehead atoms. The van der Waals surface area contributed by atoms with Gasteiger partial charge in [-0.25, -0.2) is 4.98 Å². The Labute approximate surface area is 105 Å². The Balaban J connectivity index is 2.19. The van der Waals surface area contributed by atoms with Crippen LogP contribution in [0.4, 0.5) is 0 Å². The molecule has 2 N–H and O–H groups in total. The summed E-state index contributed by atoms with van der Waals surface area (Å²) < 4.78 is 5.57. The SMILES string of the molecule is CNCc1[nH]c(C)nc1-c1coc2ccccc12. The van der Waals surface area contributed by atoms with E-state index in [1.54, 1.807) is 6.26 Å². The minimum Gasteiger partial charge on any atom is -0.464 e. The second-order valence-electron chi connectivity index (χ2n) is 4.33. The Bertz CT molecular complexity index is 681. The fourth-order valence-electron chi connectivity index (χ4n) is 2.23. The van der Waals surface area contributed by atoms with Crippen molar-refractivity contribution in [1.82, 2.24) is 15.3 Å². The maximum absolute atomic E-state index is 5.57. The summed E-state index contributed by atoms with van der Waals surface area (Å²) in [6.45, 7) is 2.72. The molecule has 0 atom stereocenters. The van der Waals surface area contributed by atoms with Gasteiger partial charge in [0.05, 0.1) is 11.4 Å². The van der Waals surface area contributed by atoms with Crippen LogP contribution in [0.2, 0.25) is 0 Å². The van der Waals surface area contributed by atoms with Crippen molar-refractivity contribution in [3.63, 3.8) is 0 Å². The number of furan rings is 1. The van der Waals surface area contributed by atoms with Crippen molar-refractivity contribution in [2.75, 3.05) is 7.05 Å². The number of nitrogens with zero attached hydrogens (tertiary/aromatic N) is 1. The lowest BCUT2D eigenvalue weighted by molar-refractivity contribution is 0.616. The maximum Gasteiger partial charge on any atom is 0.134 e. The summed E-state index contributed by atoms with van der Waals surface area (Å²) in [5.41, 5.74) is 3.98. The van der Waals surface area contributed by atoms with Gasteiger partial charge < -0.3 is 14.7 Å². The average Bonchev–Trinajstić information content (AvgIpc) is 2.93.